The van der Waals surface area contributed by atoms with Gasteiger partial charge in [0, 0.05) is 24.8 Å². The summed E-state index contributed by atoms with van der Waals surface area (Å²) in [5, 5.41) is 13.2. The number of aromatic nitrogens is 1. The van der Waals surface area contributed by atoms with E-state index in [1.165, 1.54) is 11.3 Å². The third-order valence-corrected chi connectivity index (χ3v) is 4.52. The van der Waals surface area contributed by atoms with Crippen molar-refractivity contribution in [3.05, 3.63) is 29.6 Å². The van der Waals surface area contributed by atoms with Gasteiger partial charge in [-0.2, -0.15) is 0 Å². The highest BCUT2D eigenvalue weighted by atomic mass is 16.3. The largest absolute Gasteiger partial charge is 0.396 e. The number of fused-ring (bicyclic) bond motifs is 1. The molecule has 0 amide bonds. The number of aliphatic hydroxyl groups is 1. The van der Waals surface area contributed by atoms with E-state index in [1.807, 2.05) is 12.3 Å². The molecule has 0 aromatic carbocycles. The fraction of sp³-hybridized carbons (Fsp3) is 0.667. The van der Waals surface area contributed by atoms with Crippen molar-refractivity contribution in [3.8, 4) is 0 Å². The number of nitrogens with zero attached hydrogens (tertiary/aromatic N) is 1. The summed E-state index contributed by atoms with van der Waals surface area (Å²) in [6.45, 7) is 5.44. The van der Waals surface area contributed by atoms with Crippen LogP contribution in [0.1, 0.15) is 50.4 Å². The molecule has 0 spiro atoms. The van der Waals surface area contributed by atoms with Crippen molar-refractivity contribution >= 4 is 0 Å². The summed E-state index contributed by atoms with van der Waals surface area (Å²) in [6, 6.07) is 4.55. The van der Waals surface area contributed by atoms with Crippen molar-refractivity contribution in [2.75, 3.05) is 13.2 Å². The minimum Gasteiger partial charge on any atom is -0.396 e. The lowest BCUT2D eigenvalue weighted by atomic mass is 9.83. The maximum absolute atomic E-state index is 9.59. The van der Waals surface area contributed by atoms with Gasteiger partial charge in [-0.15, -0.1) is 0 Å². The van der Waals surface area contributed by atoms with Crippen molar-refractivity contribution in [1.29, 1.82) is 0 Å². The maximum atomic E-state index is 9.59. The Morgan fingerprint density at radius 1 is 1.44 bits per heavy atom. The van der Waals surface area contributed by atoms with Gasteiger partial charge in [0.1, 0.15) is 0 Å². The molecule has 2 N–H and O–H groups in total. The molecule has 100 valence electrons. The highest BCUT2D eigenvalue weighted by Crippen LogP contribution is 2.31. The lowest BCUT2D eigenvalue weighted by Crippen LogP contribution is -2.38. The van der Waals surface area contributed by atoms with E-state index in [-0.39, 0.29) is 12.0 Å². The second-order valence-electron chi connectivity index (χ2n) is 5.39. The van der Waals surface area contributed by atoms with E-state index in [0.29, 0.717) is 6.04 Å². The van der Waals surface area contributed by atoms with Crippen LogP contribution in [0.3, 0.4) is 0 Å². The molecule has 0 saturated carbocycles. The van der Waals surface area contributed by atoms with Crippen molar-refractivity contribution in [1.82, 2.24) is 10.3 Å². The summed E-state index contributed by atoms with van der Waals surface area (Å²) >= 11 is 0. The summed E-state index contributed by atoms with van der Waals surface area (Å²) < 4.78 is 0. The normalized spacial score (nSPS) is 18.9. The fourth-order valence-corrected chi connectivity index (χ4v) is 2.73. The van der Waals surface area contributed by atoms with Gasteiger partial charge in [-0.3, -0.25) is 4.98 Å². The SMILES string of the molecule is CCC(CC)(CO)CNC1CCc2cccnc21. The number of hydrogen-bond acceptors (Lipinski definition) is 3. The Kier molecular flexibility index (Phi) is 4.36. The first-order valence-electron chi connectivity index (χ1n) is 7.02. The Balaban J connectivity index is 2.00. The zero-order valence-corrected chi connectivity index (χ0v) is 11.4. The van der Waals surface area contributed by atoms with E-state index in [1.54, 1.807) is 0 Å². The third-order valence-electron chi connectivity index (χ3n) is 4.52. The van der Waals surface area contributed by atoms with E-state index >= 15 is 0 Å². The van der Waals surface area contributed by atoms with E-state index in [9.17, 15) is 5.11 Å². The van der Waals surface area contributed by atoms with Gasteiger partial charge in [0.2, 0.25) is 0 Å². The minimum atomic E-state index is 0.0253. The smallest absolute Gasteiger partial charge is 0.0605 e. The zero-order chi connectivity index (χ0) is 13.0. The van der Waals surface area contributed by atoms with Gasteiger partial charge in [-0.1, -0.05) is 19.9 Å². The molecule has 1 aromatic heterocycles. The van der Waals surface area contributed by atoms with Crippen LogP contribution in [0.25, 0.3) is 0 Å². The number of aryl methyl sites for hydroxylation is 1. The van der Waals surface area contributed by atoms with Crippen LogP contribution in [0.15, 0.2) is 18.3 Å². The van der Waals surface area contributed by atoms with Crippen LogP contribution in [-0.2, 0) is 6.42 Å². The van der Waals surface area contributed by atoms with Gasteiger partial charge in [0.05, 0.1) is 11.7 Å². The average molecular weight is 248 g/mol. The lowest BCUT2D eigenvalue weighted by Gasteiger charge is -2.31. The van der Waals surface area contributed by atoms with Crippen LogP contribution in [-0.4, -0.2) is 23.2 Å². The van der Waals surface area contributed by atoms with E-state index in [2.05, 4.69) is 30.2 Å². The van der Waals surface area contributed by atoms with Gasteiger partial charge in [-0.05, 0) is 37.3 Å². The molecule has 1 aliphatic carbocycles. The molecule has 0 bridgehead atoms. The molecular weight excluding hydrogens is 224 g/mol. The Morgan fingerprint density at radius 3 is 2.89 bits per heavy atom. The number of pyridine rings is 1. The summed E-state index contributed by atoms with van der Waals surface area (Å²) in [4.78, 5) is 4.49. The first-order chi connectivity index (χ1) is 8.74. The maximum Gasteiger partial charge on any atom is 0.0605 e. The van der Waals surface area contributed by atoms with Gasteiger partial charge in [-0.25, -0.2) is 0 Å². The molecule has 1 aliphatic rings. The van der Waals surface area contributed by atoms with Crippen molar-refractivity contribution < 1.29 is 5.11 Å². The fourth-order valence-electron chi connectivity index (χ4n) is 2.73. The summed E-state index contributed by atoms with van der Waals surface area (Å²) in [7, 11) is 0. The van der Waals surface area contributed by atoms with Crippen LogP contribution in [0.4, 0.5) is 0 Å². The van der Waals surface area contributed by atoms with Crippen molar-refractivity contribution in [2.24, 2.45) is 5.41 Å². The molecule has 1 aromatic rings. The predicted molar refractivity (Wildman–Crippen MR) is 73.4 cm³/mol. The van der Waals surface area contributed by atoms with Gasteiger partial charge >= 0.3 is 0 Å². The molecule has 0 fully saturated rings. The quantitative estimate of drug-likeness (QED) is 0.813. The second-order valence-corrected chi connectivity index (χ2v) is 5.39. The van der Waals surface area contributed by atoms with Crippen LogP contribution in [0.2, 0.25) is 0 Å². The highest BCUT2D eigenvalue weighted by Gasteiger charge is 2.29. The van der Waals surface area contributed by atoms with E-state index in [4.69, 9.17) is 0 Å². The van der Waals surface area contributed by atoms with Crippen LogP contribution < -0.4 is 5.32 Å². The number of rotatable bonds is 6. The molecule has 18 heavy (non-hydrogen) atoms. The summed E-state index contributed by atoms with van der Waals surface area (Å²) in [5.74, 6) is 0. The number of hydrogen-bond donors (Lipinski definition) is 2. The molecule has 1 heterocycles. The molecule has 0 aliphatic heterocycles. The molecule has 3 nitrogen and oxygen atoms in total. The first kappa shape index (κ1) is 13.5. The Labute approximate surface area is 110 Å². The van der Waals surface area contributed by atoms with Crippen molar-refractivity contribution in [3.63, 3.8) is 0 Å². The Morgan fingerprint density at radius 2 is 2.22 bits per heavy atom. The highest BCUT2D eigenvalue weighted by molar-refractivity contribution is 5.27. The summed E-state index contributed by atoms with van der Waals surface area (Å²) in [5.41, 5.74) is 2.60. The molecule has 1 unspecified atom stereocenters. The van der Waals surface area contributed by atoms with Crippen molar-refractivity contribution in [2.45, 2.75) is 45.6 Å². The van der Waals surface area contributed by atoms with Crippen LogP contribution in [0.5, 0.6) is 0 Å². The topological polar surface area (TPSA) is 45.1 Å². The van der Waals surface area contributed by atoms with Gasteiger partial charge < -0.3 is 10.4 Å². The van der Waals surface area contributed by atoms with Crippen LogP contribution >= 0.6 is 0 Å². The monoisotopic (exact) mass is 248 g/mol. The van der Waals surface area contributed by atoms with Gasteiger partial charge in [0.25, 0.3) is 0 Å². The third kappa shape index (κ3) is 2.57. The Hall–Kier alpha value is -0.930. The summed E-state index contributed by atoms with van der Waals surface area (Å²) in [6.07, 6.45) is 6.13. The molecule has 1 atom stereocenters. The minimum absolute atomic E-state index is 0.0253. The Bertz CT molecular complexity index is 380. The van der Waals surface area contributed by atoms with E-state index < -0.39 is 0 Å². The molecule has 2 rings (SSSR count). The zero-order valence-electron chi connectivity index (χ0n) is 11.4. The van der Waals surface area contributed by atoms with Crippen LogP contribution in [0, 0.1) is 5.41 Å². The second kappa shape index (κ2) is 5.81. The van der Waals surface area contributed by atoms with Gasteiger partial charge in [0.15, 0.2) is 0 Å². The lowest BCUT2D eigenvalue weighted by molar-refractivity contribution is 0.109. The standard InChI is InChI=1S/C15H24N2O/c1-3-15(4-2,11-18)10-17-13-8-7-12-6-5-9-16-14(12)13/h5-6,9,13,17-18H,3-4,7-8,10-11H2,1-2H3. The average Bonchev–Trinajstić information content (AvgIpc) is 2.85. The number of nitrogens with one attached hydrogen (secondary N) is 1. The first-order valence-corrected chi connectivity index (χ1v) is 7.02. The van der Waals surface area contributed by atoms with E-state index in [0.717, 1.165) is 32.2 Å². The molecule has 0 saturated heterocycles. The predicted octanol–water partition coefficient (Wildman–Crippen LogP) is 2.46. The molecule has 0 radical (unpaired) electrons. The number of aliphatic hydroxyl groups excluding tert-OH is 1. The molecule has 3 heteroatoms. The molecular formula is C15H24N2O.